The van der Waals surface area contributed by atoms with Crippen molar-refractivity contribution in [3.05, 3.63) is 24.1 Å². The first kappa shape index (κ1) is 15.4. The highest BCUT2D eigenvalue weighted by Gasteiger charge is 2.22. The number of nitrogens with one attached hydrogen (secondary N) is 1. The van der Waals surface area contributed by atoms with Crippen molar-refractivity contribution in [2.24, 2.45) is 0 Å². The smallest absolute Gasteiger partial charge is 0.241 e. The third kappa shape index (κ3) is 4.55. The maximum absolute atomic E-state index is 13.4. The van der Waals surface area contributed by atoms with Gasteiger partial charge >= 0.3 is 0 Å². The lowest BCUT2D eigenvalue weighted by molar-refractivity contribution is 0.530. The Bertz CT molecular complexity index is 480. The fraction of sp³-hybridized carbons (Fsp3) is 0.545. The van der Waals surface area contributed by atoms with Gasteiger partial charge in [0.15, 0.2) is 5.82 Å². The molecule has 7 heteroatoms. The van der Waals surface area contributed by atoms with Crippen LogP contribution in [0.5, 0.6) is 0 Å². The predicted octanol–water partition coefficient (Wildman–Crippen LogP) is 2.03. The zero-order chi connectivity index (χ0) is 13.6. The molecule has 0 aromatic carbocycles. The van der Waals surface area contributed by atoms with Gasteiger partial charge < -0.3 is 0 Å². The first-order chi connectivity index (χ1) is 8.47. The summed E-state index contributed by atoms with van der Waals surface area (Å²) in [5.74, 6) is 1.03. The van der Waals surface area contributed by atoms with Crippen molar-refractivity contribution >= 4 is 21.8 Å². The molecule has 1 aromatic heterocycles. The van der Waals surface area contributed by atoms with E-state index in [1.54, 1.807) is 18.7 Å². The Hall–Kier alpha value is -0.660. The van der Waals surface area contributed by atoms with Crippen LogP contribution in [0.3, 0.4) is 0 Å². The lowest BCUT2D eigenvalue weighted by Crippen LogP contribution is -2.34. The molecule has 0 fully saturated rings. The number of sulfonamides is 1. The van der Waals surface area contributed by atoms with Gasteiger partial charge in [-0.25, -0.2) is 22.5 Å². The molecule has 18 heavy (non-hydrogen) atoms. The average Bonchev–Trinajstić information content (AvgIpc) is 2.29. The van der Waals surface area contributed by atoms with E-state index in [9.17, 15) is 12.8 Å². The molecule has 1 N–H and O–H groups in total. The van der Waals surface area contributed by atoms with Gasteiger partial charge in [-0.15, -0.1) is 0 Å². The van der Waals surface area contributed by atoms with Gasteiger partial charge in [-0.3, -0.25) is 0 Å². The lowest BCUT2D eigenvalue weighted by Gasteiger charge is -2.13. The van der Waals surface area contributed by atoms with Gasteiger partial charge in [0.05, 0.1) is 0 Å². The molecule has 1 aromatic rings. The zero-order valence-corrected chi connectivity index (χ0v) is 12.0. The molecule has 4 nitrogen and oxygen atoms in total. The summed E-state index contributed by atoms with van der Waals surface area (Å²) in [6.07, 6.45) is 1.96. The van der Waals surface area contributed by atoms with Crippen LogP contribution >= 0.6 is 11.8 Å². The molecule has 0 spiro atoms. The van der Waals surface area contributed by atoms with Crippen molar-refractivity contribution in [3.8, 4) is 0 Å². The molecule has 0 bridgehead atoms. The SMILES string of the molecule is CCSCCC(C)NS(=O)(=O)c1ncccc1F. The number of hydrogen-bond donors (Lipinski definition) is 1. The molecule has 0 amide bonds. The first-order valence-electron chi connectivity index (χ1n) is 5.68. The number of aromatic nitrogens is 1. The maximum Gasteiger partial charge on any atom is 0.261 e. The minimum atomic E-state index is -3.87. The molecule has 1 atom stereocenters. The van der Waals surface area contributed by atoms with Crippen molar-refractivity contribution in [2.45, 2.75) is 31.3 Å². The van der Waals surface area contributed by atoms with Crippen molar-refractivity contribution in [2.75, 3.05) is 11.5 Å². The van der Waals surface area contributed by atoms with Crippen LogP contribution in [0.25, 0.3) is 0 Å². The molecular formula is C11H17FN2O2S2. The Kier molecular flexibility index (Phi) is 6.04. The molecule has 0 radical (unpaired) electrons. The van der Waals surface area contributed by atoms with Crippen LogP contribution in [0, 0.1) is 5.82 Å². The zero-order valence-electron chi connectivity index (χ0n) is 10.4. The Morgan fingerprint density at radius 3 is 2.89 bits per heavy atom. The van der Waals surface area contributed by atoms with E-state index in [-0.39, 0.29) is 6.04 Å². The monoisotopic (exact) mass is 292 g/mol. The summed E-state index contributed by atoms with van der Waals surface area (Å²) in [5.41, 5.74) is 0. The summed E-state index contributed by atoms with van der Waals surface area (Å²) in [4.78, 5) is 3.57. The van der Waals surface area contributed by atoms with Crippen LogP contribution in [0.4, 0.5) is 4.39 Å². The van der Waals surface area contributed by atoms with E-state index in [4.69, 9.17) is 0 Å². The van der Waals surface area contributed by atoms with E-state index in [1.165, 1.54) is 12.3 Å². The molecule has 1 unspecified atom stereocenters. The third-order valence-corrected chi connectivity index (χ3v) is 4.69. The van der Waals surface area contributed by atoms with Crippen LogP contribution < -0.4 is 4.72 Å². The van der Waals surface area contributed by atoms with Crippen molar-refractivity contribution in [3.63, 3.8) is 0 Å². The van der Waals surface area contributed by atoms with Gasteiger partial charge in [-0.2, -0.15) is 11.8 Å². The largest absolute Gasteiger partial charge is 0.261 e. The highest BCUT2D eigenvalue weighted by molar-refractivity contribution is 7.99. The normalized spacial score (nSPS) is 13.5. The topological polar surface area (TPSA) is 59.1 Å². The Balaban J connectivity index is 2.68. The van der Waals surface area contributed by atoms with Crippen molar-refractivity contribution in [1.29, 1.82) is 0 Å². The molecule has 0 saturated heterocycles. The van der Waals surface area contributed by atoms with Gasteiger partial charge in [-0.05, 0) is 37.0 Å². The highest BCUT2D eigenvalue weighted by Crippen LogP contribution is 2.12. The van der Waals surface area contributed by atoms with Crippen molar-refractivity contribution < 1.29 is 12.8 Å². The second-order valence-corrected chi connectivity index (χ2v) is 6.82. The lowest BCUT2D eigenvalue weighted by atomic mass is 10.3. The quantitative estimate of drug-likeness (QED) is 0.781. The van der Waals surface area contributed by atoms with Gasteiger partial charge in [0.1, 0.15) is 0 Å². The van der Waals surface area contributed by atoms with Crippen molar-refractivity contribution in [1.82, 2.24) is 9.71 Å². The number of halogens is 1. The molecule has 0 aliphatic heterocycles. The van der Waals surface area contributed by atoms with Gasteiger partial charge in [0, 0.05) is 12.2 Å². The summed E-state index contributed by atoms with van der Waals surface area (Å²) in [7, 11) is -3.87. The second-order valence-electron chi connectivity index (χ2n) is 3.80. The molecule has 1 heterocycles. The Morgan fingerprint density at radius 1 is 1.56 bits per heavy atom. The average molecular weight is 292 g/mol. The highest BCUT2D eigenvalue weighted by atomic mass is 32.2. The number of rotatable bonds is 7. The molecule has 102 valence electrons. The van der Waals surface area contributed by atoms with E-state index in [2.05, 4.69) is 9.71 Å². The maximum atomic E-state index is 13.4. The number of pyridine rings is 1. The second kappa shape index (κ2) is 7.06. The fourth-order valence-electron chi connectivity index (χ4n) is 1.35. The van der Waals surface area contributed by atoms with Crippen LogP contribution in [0.2, 0.25) is 0 Å². The number of thioether (sulfide) groups is 1. The van der Waals surface area contributed by atoms with E-state index in [0.29, 0.717) is 6.42 Å². The van der Waals surface area contributed by atoms with E-state index < -0.39 is 20.9 Å². The summed E-state index contributed by atoms with van der Waals surface area (Å²) in [5, 5.41) is -0.542. The van der Waals surface area contributed by atoms with Crippen LogP contribution in [0.15, 0.2) is 23.4 Å². The van der Waals surface area contributed by atoms with Crippen LogP contribution in [-0.2, 0) is 10.0 Å². The molecular weight excluding hydrogens is 275 g/mol. The third-order valence-electron chi connectivity index (χ3n) is 2.23. The number of hydrogen-bond acceptors (Lipinski definition) is 4. The summed E-state index contributed by atoms with van der Waals surface area (Å²) in [6, 6.07) is 2.20. The minimum Gasteiger partial charge on any atom is -0.241 e. The molecule has 1 rings (SSSR count). The van der Waals surface area contributed by atoms with Crippen LogP contribution in [-0.4, -0.2) is 30.9 Å². The standard InChI is InChI=1S/C11H17FN2O2S2/c1-3-17-8-6-9(2)14-18(15,16)11-10(12)5-4-7-13-11/h4-5,7,9,14H,3,6,8H2,1-2H3. The van der Waals surface area contributed by atoms with E-state index in [1.807, 2.05) is 6.92 Å². The minimum absolute atomic E-state index is 0.240. The van der Waals surface area contributed by atoms with Gasteiger partial charge in [0.2, 0.25) is 5.03 Å². The summed E-state index contributed by atoms with van der Waals surface area (Å²) in [6.45, 7) is 3.80. The molecule has 0 saturated carbocycles. The summed E-state index contributed by atoms with van der Waals surface area (Å²) >= 11 is 1.74. The first-order valence-corrected chi connectivity index (χ1v) is 8.31. The molecule has 0 aliphatic carbocycles. The van der Waals surface area contributed by atoms with Crippen LogP contribution in [0.1, 0.15) is 20.3 Å². The van der Waals surface area contributed by atoms with E-state index >= 15 is 0 Å². The van der Waals surface area contributed by atoms with Gasteiger partial charge in [-0.1, -0.05) is 6.92 Å². The van der Waals surface area contributed by atoms with E-state index in [0.717, 1.165) is 17.6 Å². The predicted molar refractivity (Wildman–Crippen MR) is 71.6 cm³/mol. The Morgan fingerprint density at radius 2 is 2.28 bits per heavy atom. The fourth-order valence-corrected chi connectivity index (χ4v) is 3.45. The number of nitrogens with zero attached hydrogens (tertiary/aromatic N) is 1. The summed E-state index contributed by atoms with van der Waals surface area (Å²) < 4.78 is 39.5. The van der Waals surface area contributed by atoms with Gasteiger partial charge in [0.25, 0.3) is 10.0 Å². The Labute approximate surface area is 111 Å². The molecule has 0 aliphatic rings.